The molecule has 0 atom stereocenters. The molecule has 3 rings (SSSR count). The van der Waals surface area contributed by atoms with Crippen LogP contribution in [0.25, 0.3) is 11.4 Å². The summed E-state index contributed by atoms with van der Waals surface area (Å²) in [5, 5.41) is 3.81. The molecule has 7 heteroatoms. The second-order valence-electron chi connectivity index (χ2n) is 4.08. The van der Waals surface area contributed by atoms with Gasteiger partial charge >= 0.3 is 0 Å². The van der Waals surface area contributed by atoms with E-state index in [0.717, 1.165) is 16.4 Å². The number of hydrogen-bond donors (Lipinski definition) is 0. The van der Waals surface area contributed by atoms with Crippen LogP contribution in [-0.4, -0.2) is 15.0 Å². The molecule has 1 aromatic carbocycles. The fourth-order valence-corrected chi connectivity index (χ4v) is 2.82. The summed E-state index contributed by atoms with van der Waals surface area (Å²) < 4.78 is 5.65. The average molecular weight is 338 g/mol. The van der Waals surface area contributed by atoms with E-state index in [9.17, 15) is 0 Å². The molecule has 0 saturated heterocycles. The summed E-state index contributed by atoms with van der Waals surface area (Å²) in [6.45, 7) is 0.340. The van der Waals surface area contributed by atoms with Gasteiger partial charge in [0, 0.05) is 22.8 Å². The first-order valence-corrected chi connectivity index (χ1v) is 7.64. The summed E-state index contributed by atoms with van der Waals surface area (Å²) in [5.74, 6) is 0.581. The van der Waals surface area contributed by atoms with Gasteiger partial charge in [-0.2, -0.15) is 0 Å². The van der Waals surface area contributed by atoms with E-state index in [1.807, 2.05) is 5.38 Å². The lowest BCUT2D eigenvalue weighted by molar-refractivity contribution is 0.306. The zero-order valence-corrected chi connectivity index (χ0v) is 13.0. The molecule has 2 aromatic heterocycles. The molecule has 0 unspecified atom stereocenters. The monoisotopic (exact) mass is 337 g/mol. The van der Waals surface area contributed by atoms with Crippen LogP contribution in [0.15, 0.2) is 42.2 Å². The number of hydrogen-bond acceptors (Lipinski definition) is 5. The maximum Gasteiger partial charge on any atom is 0.140 e. The van der Waals surface area contributed by atoms with Gasteiger partial charge in [-0.05, 0) is 18.2 Å². The van der Waals surface area contributed by atoms with E-state index in [0.29, 0.717) is 22.4 Å². The van der Waals surface area contributed by atoms with Crippen LogP contribution in [0.4, 0.5) is 0 Å². The van der Waals surface area contributed by atoms with Crippen LogP contribution in [-0.2, 0) is 6.61 Å². The van der Waals surface area contributed by atoms with Crippen LogP contribution in [0.3, 0.4) is 0 Å². The zero-order valence-electron chi connectivity index (χ0n) is 10.7. The summed E-state index contributed by atoms with van der Waals surface area (Å²) in [6.07, 6.45) is 4.94. The molecule has 2 heterocycles. The lowest BCUT2D eigenvalue weighted by Gasteiger charge is -2.06. The number of halogens is 2. The van der Waals surface area contributed by atoms with E-state index in [2.05, 4.69) is 15.0 Å². The maximum atomic E-state index is 6.05. The third kappa shape index (κ3) is 3.50. The first-order chi connectivity index (χ1) is 10.2. The summed E-state index contributed by atoms with van der Waals surface area (Å²) in [4.78, 5) is 12.7. The number of rotatable bonds is 4. The number of thiazole rings is 1. The highest BCUT2D eigenvalue weighted by Gasteiger charge is 2.08. The van der Waals surface area contributed by atoms with Gasteiger partial charge in [0.1, 0.15) is 28.8 Å². The van der Waals surface area contributed by atoms with Crippen molar-refractivity contribution in [3.8, 4) is 17.1 Å². The molecular weight excluding hydrogens is 329 g/mol. The van der Waals surface area contributed by atoms with Crippen molar-refractivity contribution in [1.82, 2.24) is 15.0 Å². The minimum atomic E-state index is 0.340. The van der Waals surface area contributed by atoms with Crippen LogP contribution in [0.1, 0.15) is 5.01 Å². The third-order valence-electron chi connectivity index (χ3n) is 2.62. The minimum absolute atomic E-state index is 0.340. The van der Waals surface area contributed by atoms with Crippen molar-refractivity contribution in [2.45, 2.75) is 6.61 Å². The summed E-state index contributed by atoms with van der Waals surface area (Å²) >= 11 is 13.4. The smallest absolute Gasteiger partial charge is 0.140 e. The van der Waals surface area contributed by atoms with E-state index in [1.165, 1.54) is 11.3 Å². The van der Waals surface area contributed by atoms with Gasteiger partial charge < -0.3 is 4.74 Å². The van der Waals surface area contributed by atoms with E-state index >= 15 is 0 Å². The normalized spacial score (nSPS) is 10.6. The van der Waals surface area contributed by atoms with Crippen LogP contribution in [0.5, 0.6) is 5.75 Å². The predicted molar refractivity (Wildman–Crippen MR) is 83.9 cm³/mol. The molecule has 0 aliphatic carbocycles. The molecule has 0 saturated carbocycles. The Morgan fingerprint density at radius 1 is 1.14 bits per heavy atom. The molecule has 0 amide bonds. The number of aromatic nitrogens is 3. The average Bonchev–Trinajstić information content (AvgIpc) is 2.96. The van der Waals surface area contributed by atoms with Gasteiger partial charge in [0.15, 0.2) is 0 Å². The second-order valence-corrected chi connectivity index (χ2v) is 5.87. The van der Waals surface area contributed by atoms with Crippen molar-refractivity contribution in [2.24, 2.45) is 0 Å². The molecule has 0 aliphatic rings. The molecule has 0 radical (unpaired) electrons. The molecular formula is C14H9Cl2N3OS. The number of nitrogens with zero attached hydrogens (tertiary/aromatic N) is 3. The minimum Gasteiger partial charge on any atom is -0.485 e. The van der Waals surface area contributed by atoms with Crippen molar-refractivity contribution in [3.05, 3.63) is 57.2 Å². The van der Waals surface area contributed by atoms with Crippen LogP contribution in [0, 0.1) is 0 Å². The number of ether oxygens (including phenoxy) is 1. The Bertz CT molecular complexity index is 749. The largest absolute Gasteiger partial charge is 0.485 e. The molecule has 0 spiro atoms. The topological polar surface area (TPSA) is 47.9 Å². The van der Waals surface area contributed by atoms with Gasteiger partial charge in [-0.1, -0.05) is 23.2 Å². The van der Waals surface area contributed by atoms with Crippen molar-refractivity contribution < 1.29 is 4.74 Å². The van der Waals surface area contributed by atoms with E-state index < -0.39 is 0 Å². The Balaban J connectivity index is 1.70. The van der Waals surface area contributed by atoms with Crippen molar-refractivity contribution in [2.75, 3.05) is 0 Å². The fourth-order valence-electron chi connectivity index (χ4n) is 1.66. The second kappa shape index (κ2) is 6.39. The highest BCUT2D eigenvalue weighted by molar-refractivity contribution is 7.09. The molecule has 0 N–H and O–H groups in total. The lowest BCUT2D eigenvalue weighted by atomic mass is 10.3. The lowest BCUT2D eigenvalue weighted by Crippen LogP contribution is -1.95. The Labute approximate surface area is 135 Å². The Morgan fingerprint density at radius 2 is 2.05 bits per heavy atom. The Kier molecular flexibility index (Phi) is 4.34. The van der Waals surface area contributed by atoms with Gasteiger partial charge in [-0.25, -0.2) is 4.98 Å². The molecule has 0 fully saturated rings. The van der Waals surface area contributed by atoms with Crippen molar-refractivity contribution >= 4 is 34.5 Å². The SMILES string of the molecule is Clc1ccc(OCc2nc(-c3cnccn3)cs2)c(Cl)c1. The van der Waals surface area contributed by atoms with Crippen LogP contribution < -0.4 is 4.74 Å². The maximum absolute atomic E-state index is 6.05. The molecule has 21 heavy (non-hydrogen) atoms. The van der Waals surface area contributed by atoms with Crippen molar-refractivity contribution in [1.29, 1.82) is 0 Å². The first-order valence-electron chi connectivity index (χ1n) is 6.01. The first kappa shape index (κ1) is 14.3. The Morgan fingerprint density at radius 3 is 2.81 bits per heavy atom. The molecule has 0 bridgehead atoms. The molecule has 0 aliphatic heterocycles. The summed E-state index contributed by atoms with van der Waals surface area (Å²) in [5.41, 5.74) is 1.53. The molecule has 3 aromatic rings. The van der Waals surface area contributed by atoms with E-state index in [1.54, 1.807) is 36.8 Å². The van der Waals surface area contributed by atoms with E-state index in [-0.39, 0.29) is 0 Å². The zero-order chi connectivity index (χ0) is 14.7. The number of benzene rings is 1. The van der Waals surface area contributed by atoms with Gasteiger partial charge in [0.2, 0.25) is 0 Å². The quantitative estimate of drug-likeness (QED) is 0.703. The predicted octanol–water partition coefficient (Wildman–Crippen LogP) is 4.49. The van der Waals surface area contributed by atoms with Crippen LogP contribution in [0.2, 0.25) is 10.0 Å². The van der Waals surface area contributed by atoms with Gasteiger partial charge in [-0.15, -0.1) is 11.3 Å². The highest BCUT2D eigenvalue weighted by atomic mass is 35.5. The fraction of sp³-hybridized carbons (Fsp3) is 0.0714. The highest BCUT2D eigenvalue weighted by Crippen LogP contribution is 2.28. The molecule has 4 nitrogen and oxygen atoms in total. The van der Waals surface area contributed by atoms with Gasteiger partial charge in [-0.3, -0.25) is 9.97 Å². The van der Waals surface area contributed by atoms with Crippen molar-refractivity contribution in [3.63, 3.8) is 0 Å². The molecule has 106 valence electrons. The Hall–Kier alpha value is -1.69. The van der Waals surface area contributed by atoms with E-state index in [4.69, 9.17) is 27.9 Å². The third-order valence-corrected chi connectivity index (χ3v) is 3.98. The summed E-state index contributed by atoms with van der Waals surface area (Å²) in [6, 6.07) is 5.11. The summed E-state index contributed by atoms with van der Waals surface area (Å²) in [7, 11) is 0. The standard InChI is InChI=1S/C14H9Cl2N3OS/c15-9-1-2-13(10(16)5-9)20-7-14-19-12(8-21-14)11-6-17-3-4-18-11/h1-6,8H,7H2. The van der Waals surface area contributed by atoms with Gasteiger partial charge in [0.25, 0.3) is 0 Å². The van der Waals surface area contributed by atoms with Crippen LogP contribution >= 0.6 is 34.5 Å². The van der Waals surface area contributed by atoms with Gasteiger partial charge in [0.05, 0.1) is 11.2 Å².